The normalized spacial score (nSPS) is 11.5. The van der Waals surface area contributed by atoms with Crippen molar-refractivity contribution in [3.8, 4) is 0 Å². The summed E-state index contributed by atoms with van der Waals surface area (Å²) in [7, 11) is 1.82. The zero-order chi connectivity index (χ0) is 11.5. The molecule has 1 amide bonds. The van der Waals surface area contributed by atoms with Crippen LogP contribution in [-0.4, -0.2) is 30.9 Å². The molecule has 0 unspecified atom stereocenters. The molecule has 1 heterocycles. The van der Waals surface area contributed by atoms with E-state index in [1.807, 2.05) is 24.6 Å². The van der Waals surface area contributed by atoms with E-state index in [-0.39, 0.29) is 11.3 Å². The van der Waals surface area contributed by atoms with Crippen LogP contribution in [-0.2, 0) is 0 Å². The van der Waals surface area contributed by atoms with Crippen LogP contribution in [0, 0.1) is 5.41 Å². The standard InChI is InChI=1S/C11H18N2OS/c1-11(2,7-12)8-13(3)10(14)9-5-4-6-15-9/h4-6H,7-8,12H2,1-3H3. The van der Waals surface area contributed by atoms with E-state index in [1.165, 1.54) is 11.3 Å². The summed E-state index contributed by atoms with van der Waals surface area (Å²) in [6, 6.07) is 3.73. The fourth-order valence-corrected chi connectivity index (χ4v) is 2.08. The molecular weight excluding hydrogens is 208 g/mol. The summed E-state index contributed by atoms with van der Waals surface area (Å²) >= 11 is 1.47. The van der Waals surface area contributed by atoms with Gasteiger partial charge in [-0.25, -0.2) is 0 Å². The van der Waals surface area contributed by atoms with Crippen LogP contribution in [0.15, 0.2) is 17.5 Å². The van der Waals surface area contributed by atoms with Gasteiger partial charge in [0.15, 0.2) is 0 Å². The van der Waals surface area contributed by atoms with E-state index in [1.54, 1.807) is 4.90 Å². The Morgan fingerprint density at radius 1 is 1.60 bits per heavy atom. The molecule has 0 aromatic carbocycles. The van der Waals surface area contributed by atoms with Crippen LogP contribution >= 0.6 is 11.3 Å². The summed E-state index contributed by atoms with van der Waals surface area (Å²) in [5.41, 5.74) is 5.61. The summed E-state index contributed by atoms with van der Waals surface area (Å²) in [5.74, 6) is 0.0755. The molecule has 0 radical (unpaired) electrons. The average Bonchev–Trinajstić information content (AvgIpc) is 2.68. The SMILES string of the molecule is CN(CC(C)(C)CN)C(=O)c1cccs1. The molecule has 2 N–H and O–H groups in total. The molecule has 0 spiro atoms. The Bertz CT molecular complexity index is 319. The van der Waals surface area contributed by atoms with Crippen molar-refractivity contribution in [3.63, 3.8) is 0 Å². The van der Waals surface area contributed by atoms with Crippen LogP contribution in [0.3, 0.4) is 0 Å². The van der Waals surface area contributed by atoms with Gasteiger partial charge in [-0.15, -0.1) is 11.3 Å². The second kappa shape index (κ2) is 4.77. The predicted molar refractivity (Wildman–Crippen MR) is 64.1 cm³/mol. The molecule has 0 fully saturated rings. The van der Waals surface area contributed by atoms with Crippen molar-refractivity contribution in [2.75, 3.05) is 20.1 Å². The molecule has 0 aliphatic rings. The molecule has 84 valence electrons. The first kappa shape index (κ1) is 12.2. The first-order valence-electron chi connectivity index (χ1n) is 4.95. The van der Waals surface area contributed by atoms with Gasteiger partial charge in [0.2, 0.25) is 0 Å². The molecular formula is C11H18N2OS. The molecule has 0 saturated heterocycles. The highest BCUT2D eigenvalue weighted by molar-refractivity contribution is 7.12. The summed E-state index contributed by atoms with van der Waals surface area (Å²) in [4.78, 5) is 14.4. The van der Waals surface area contributed by atoms with Crippen LogP contribution in [0.4, 0.5) is 0 Å². The van der Waals surface area contributed by atoms with Crippen molar-refractivity contribution in [2.24, 2.45) is 11.1 Å². The second-order valence-electron chi connectivity index (χ2n) is 4.51. The maximum absolute atomic E-state index is 11.9. The van der Waals surface area contributed by atoms with Crippen molar-refractivity contribution in [1.82, 2.24) is 4.90 Å². The lowest BCUT2D eigenvalue weighted by atomic mass is 9.93. The fraction of sp³-hybridized carbons (Fsp3) is 0.545. The summed E-state index contributed by atoms with van der Waals surface area (Å²) in [6.07, 6.45) is 0. The minimum absolute atomic E-state index is 0.0261. The van der Waals surface area contributed by atoms with E-state index in [0.29, 0.717) is 13.1 Å². The number of nitrogens with zero attached hydrogens (tertiary/aromatic N) is 1. The molecule has 4 heteroatoms. The van der Waals surface area contributed by atoms with Crippen molar-refractivity contribution in [1.29, 1.82) is 0 Å². The molecule has 0 atom stereocenters. The fourth-order valence-electron chi connectivity index (χ4n) is 1.37. The van der Waals surface area contributed by atoms with Gasteiger partial charge < -0.3 is 10.6 Å². The number of carbonyl (C=O) groups is 1. The molecule has 3 nitrogen and oxygen atoms in total. The minimum Gasteiger partial charge on any atom is -0.340 e. The maximum atomic E-state index is 11.9. The molecule has 0 aliphatic carbocycles. The zero-order valence-corrected chi connectivity index (χ0v) is 10.3. The third kappa shape index (κ3) is 3.32. The Kier molecular flexibility index (Phi) is 3.88. The molecule has 15 heavy (non-hydrogen) atoms. The summed E-state index contributed by atoms with van der Waals surface area (Å²) < 4.78 is 0. The van der Waals surface area contributed by atoms with Crippen molar-refractivity contribution >= 4 is 17.2 Å². The van der Waals surface area contributed by atoms with Gasteiger partial charge in [-0.05, 0) is 23.4 Å². The zero-order valence-electron chi connectivity index (χ0n) is 9.49. The van der Waals surface area contributed by atoms with E-state index in [4.69, 9.17) is 5.73 Å². The number of thiophene rings is 1. The summed E-state index contributed by atoms with van der Waals surface area (Å²) in [5, 5.41) is 1.91. The van der Waals surface area contributed by atoms with Crippen LogP contribution in [0.25, 0.3) is 0 Å². The molecule has 1 aromatic heterocycles. The van der Waals surface area contributed by atoms with E-state index < -0.39 is 0 Å². The molecule has 1 aromatic rings. The Morgan fingerprint density at radius 3 is 2.73 bits per heavy atom. The number of amides is 1. The van der Waals surface area contributed by atoms with Gasteiger partial charge in [-0.1, -0.05) is 19.9 Å². The maximum Gasteiger partial charge on any atom is 0.263 e. The van der Waals surface area contributed by atoms with Gasteiger partial charge in [0, 0.05) is 13.6 Å². The molecule has 0 saturated carbocycles. The average molecular weight is 226 g/mol. The van der Waals surface area contributed by atoms with Crippen LogP contribution < -0.4 is 5.73 Å². The van der Waals surface area contributed by atoms with Gasteiger partial charge in [-0.2, -0.15) is 0 Å². The molecule has 1 rings (SSSR count). The number of rotatable bonds is 4. The van der Waals surface area contributed by atoms with Gasteiger partial charge in [-0.3, -0.25) is 4.79 Å². The highest BCUT2D eigenvalue weighted by Crippen LogP contribution is 2.17. The monoisotopic (exact) mass is 226 g/mol. The number of carbonyl (C=O) groups excluding carboxylic acids is 1. The Labute approximate surface area is 94.9 Å². The number of hydrogen-bond donors (Lipinski definition) is 1. The molecule has 0 aliphatic heterocycles. The van der Waals surface area contributed by atoms with Crippen molar-refractivity contribution in [3.05, 3.63) is 22.4 Å². The lowest BCUT2D eigenvalue weighted by molar-refractivity contribution is 0.0745. The van der Waals surface area contributed by atoms with Crippen LogP contribution in [0.5, 0.6) is 0 Å². The predicted octanol–water partition coefficient (Wildman–Crippen LogP) is 1.80. The third-order valence-electron chi connectivity index (χ3n) is 2.30. The minimum atomic E-state index is -0.0261. The lowest BCUT2D eigenvalue weighted by Gasteiger charge is -2.28. The number of hydrogen-bond acceptors (Lipinski definition) is 3. The van der Waals surface area contributed by atoms with Gasteiger partial charge >= 0.3 is 0 Å². The second-order valence-corrected chi connectivity index (χ2v) is 5.45. The highest BCUT2D eigenvalue weighted by atomic mass is 32.1. The largest absolute Gasteiger partial charge is 0.340 e. The van der Waals surface area contributed by atoms with Gasteiger partial charge in [0.25, 0.3) is 5.91 Å². The van der Waals surface area contributed by atoms with Crippen LogP contribution in [0.2, 0.25) is 0 Å². The van der Waals surface area contributed by atoms with Gasteiger partial charge in [0.1, 0.15) is 0 Å². The van der Waals surface area contributed by atoms with Crippen molar-refractivity contribution in [2.45, 2.75) is 13.8 Å². The Morgan fingerprint density at radius 2 is 2.27 bits per heavy atom. The lowest BCUT2D eigenvalue weighted by Crippen LogP contribution is -2.39. The summed E-state index contributed by atoms with van der Waals surface area (Å²) in [6.45, 7) is 5.38. The van der Waals surface area contributed by atoms with E-state index in [0.717, 1.165) is 4.88 Å². The van der Waals surface area contributed by atoms with Crippen molar-refractivity contribution < 1.29 is 4.79 Å². The van der Waals surface area contributed by atoms with E-state index in [2.05, 4.69) is 13.8 Å². The smallest absolute Gasteiger partial charge is 0.263 e. The van der Waals surface area contributed by atoms with E-state index in [9.17, 15) is 4.79 Å². The topological polar surface area (TPSA) is 46.3 Å². The first-order chi connectivity index (χ1) is 6.96. The first-order valence-corrected chi connectivity index (χ1v) is 5.83. The van der Waals surface area contributed by atoms with Crippen LogP contribution in [0.1, 0.15) is 23.5 Å². The highest BCUT2D eigenvalue weighted by Gasteiger charge is 2.22. The number of nitrogens with two attached hydrogens (primary N) is 1. The third-order valence-corrected chi connectivity index (χ3v) is 3.15. The Hall–Kier alpha value is -0.870. The van der Waals surface area contributed by atoms with E-state index >= 15 is 0 Å². The Balaban J connectivity index is 2.62. The quantitative estimate of drug-likeness (QED) is 0.851. The van der Waals surface area contributed by atoms with Gasteiger partial charge in [0.05, 0.1) is 4.88 Å². The molecule has 0 bridgehead atoms.